The zero-order valence-electron chi connectivity index (χ0n) is 18.9. The van der Waals surface area contributed by atoms with Crippen molar-refractivity contribution in [3.05, 3.63) is 78.4 Å². The molecule has 178 valence electrons. The molecule has 0 radical (unpaired) electrons. The van der Waals surface area contributed by atoms with Gasteiger partial charge in [0.2, 0.25) is 0 Å². The number of aryl methyl sites for hydroxylation is 1. The summed E-state index contributed by atoms with van der Waals surface area (Å²) in [5, 5.41) is 2.77. The lowest BCUT2D eigenvalue weighted by Crippen LogP contribution is -2.51. The molecule has 4 rings (SSSR count). The fraction of sp³-hybridized carbons (Fsp3) is 0.240. The highest BCUT2D eigenvalue weighted by atomic mass is 32.2. The van der Waals surface area contributed by atoms with Crippen molar-refractivity contribution in [2.75, 3.05) is 31.1 Å². The van der Waals surface area contributed by atoms with Gasteiger partial charge in [-0.15, -0.1) is 0 Å². The first-order chi connectivity index (χ1) is 16.4. The van der Waals surface area contributed by atoms with Crippen LogP contribution in [-0.2, 0) is 14.8 Å². The number of hydrogen-bond donors (Lipinski definition) is 1. The monoisotopic (exact) mass is 482 g/mol. The minimum absolute atomic E-state index is 0.0946. The summed E-state index contributed by atoms with van der Waals surface area (Å²) in [7, 11) is -2.44. The molecule has 0 saturated carbocycles. The van der Waals surface area contributed by atoms with Crippen LogP contribution in [0.25, 0.3) is 0 Å². The highest BCUT2D eigenvalue weighted by Crippen LogP contribution is 2.38. The van der Waals surface area contributed by atoms with E-state index in [0.717, 1.165) is 5.56 Å². The van der Waals surface area contributed by atoms with Crippen LogP contribution in [0, 0.1) is 6.92 Å². The number of methoxy groups -OCH3 is 1. The number of amides is 1. The first-order valence-electron chi connectivity index (χ1n) is 10.8. The lowest BCUT2D eigenvalue weighted by molar-refractivity contribution is -0.127. The number of sulfonamides is 1. The summed E-state index contributed by atoms with van der Waals surface area (Å²) < 4.78 is 44.8. The third kappa shape index (κ3) is 5.09. The van der Waals surface area contributed by atoms with Gasteiger partial charge in [0.1, 0.15) is 23.9 Å². The van der Waals surface area contributed by atoms with Gasteiger partial charge in [-0.05, 0) is 61.0 Å². The van der Waals surface area contributed by atoms with Crippen LogP contribution >= 0.6 is 0 Å². The van der Waals surface area contributed by atoms with Gasteiger partial charge in [-0.3, -0.25) is 9.10 Å². The van der Waals surface area contributed by atoms with Gasteiger partial charge in [-0.2, -0.15) is 0 Å². The maximum atomic E-state index is 13.5. The highest BCUT2D eigenvalue weighted by Gasteiger charge is 2.37. The zero-order valence-corrected chi connectivity index (χ0v) is 19.7. The number of carbonyl (C=O) groups excluding carboxylic acids is 1. The Kier molecular flexibility index (Phi) is 6.93. The van der Waals surface area contributed by atoms with E-state index in [1.165, 1.54) is 23.5 Å². The third-order valence-corrected chi connectivity index (χ3v) is 7.13. The number of rotatable bonds is 8. The molecule has 0 unspecified atom stereocenters. The Bertz CT molecular complexity index is 1250. The third-order valence-electron chi connectivity index (χ3n) is 5.34. The summed E-state index contributed by atoms with van der Waals surface area (Å²) in [6.45, 7) is 2.23. The maximum absolute atomic E-state index is 13.5. The summed E-state index contributed by atoms with van der Waals surface area (Å²) in [4.78, 5) is 13.0. The van der Waals surface area contributed by atoms with E-state index < -0.39 is 22.0 Å². The van der Waals surface area contributed by atoms with E-state index in [1.807, 2.05) is 37.3 Å². The Hall–Kier alpha value is -3.72. The molecule has 1 aliphatic rings. The first-order valence-corrected chi connectivity index (χ1v) is 12.2. The number of hydrogen-bond acceptors (Lipinski definition) is 6. The van der Waals surface area contributed by atoms with Gasteiger partial charge in [-0.1, -0.05) is 24.3 Å². The first kappa shape index (κ1) is 23.4. The largest absolute Gasteiger partial charge is 0.497 e. The van der Waals surface area contributed by atoms with Gasteiger partial charge in [0.25, 0.3) is 15.9 Å². The Morgan fingerprint density at radius 3 is 2.50 bits per heavy atom. The second kappa shape index (κ2) is 10.0. The summed E-state index contributed by atoms with van der Waals surface area (Å²) in [6, 6.07) is 20.6. The average molecular weight is 483 g/mol. The van der Waals surface area contributed by atoms with E-state index in [4.69, 9.17) is 14.2 Å². The SMILES string of the molecule is COc1ccc(S(=O)(=O)N2C[C@@H](C(=O)NCCOc3ccccc3)Oc3cc(C)ccc32)cc1. The molecule has 9 heteroatoms. The van der Waals surface area contributed by atoms with Crippen LogP contribution in [0.15, 0.2) is 77.7 Å². The van der Waals surface area contributed by atoms with Crippen LogP contribution in [0.1, 0.15) is 5.56 Å². The Balaban J connectivity index is 1.51. The normalized spacial score (nSPS) is 15.1. The number of nitrogens with one attached hydrogen (secondary N) is 1. The second-order valence-electron chi connectivity index (χ2n) is 7.74. The Morgan fingerprint density at radius 2 is 1.79 bits per heavy atom. The molecule has 1 aliphatic heterocycles. The Morgan fingerprint density at radius 1 is 1.06 bits per heavy atom. The summed E-state index contributed by atoms with van der Waals surface area (Å²) in [5.74, 6) is 1.17. The minimum atomic E-state index is -3.95. The van der Waals surface area contributed by atoms with Crippen molar-refractivity contribution in [1.82, 2.24) is 5.32 Å². The number of nitrogens with zero attached hydrogens (tertiary/aromatic N) is 1. The molecule has 3 aromatic carbocycles. The summed E-state index contributed by atoms with van der Waals surface area (Å²) in [6.07, 6.45) is -1.01. The van der Waals surface area contributed by atoms with E-state index >= 15 is 0 Å². The van der Waals surface area contributed by atoms with E-state index in [1.54, 1.807) is 30.3 Å². The predicted molar refractivity (Wildman–Crippen MR) is 128 cm³/mol. The topological polar surface area (TPSA) is 94.2 Å². The molecule has 1 N–H and O–H groups in total. The number of anilines is 1. The van der Waals surface area contributed by atoms with E-state index in [-0.39, 0.29) is 24.6 Å². The molecule has 0 fully saturated rings. The van der Waals surface area contributed by atoms with Gasteiger partial charge in [0.15, 0.2) is 6.10 Å². The molecular weight excluding hydrogens is 456 g/mol. The van der Waals surface area contributed by atoms with Crippen LogP contribution in [-0.4, -0.2) is 47.2 Å². The summed E-state index contributed by atoms with van der Waals surface area (Å²) in [5.41, 5.74) is 1.27. The van der Waals surface area contributed by atoms with Crippen molar-refractivity contribution in [3.63, 3.8) is 0 Å². The number of fused-ring (bicyclic) bond motifs is 1. The molecular formula is C25H26N2O6S. The molecule has 1 heterocycles. The van der Waals surface area contributed by atoms with Gasteiger partial charge in [0.05, 0.1) is 30.8 Å². The van der Waals surface area contributed by atoms with E-state index in [9.17, 15) is 13.2 Å². The predicted octanol–water partition coefficient (Wildman–Crippen LogP) is 3.16. The lowest BCUT2D eigenvalue weighted by atomic mass is 10.1. The molecule has 0 spiro atoms. The van der Waals surface area contributed by atoms with Crippen LogP contribution in [0.3, 0.4) is 0 Å². The fourth-order valence-electron chi connectivity index (χ4n) is 3.57. The maximum Gasteiger partial charge on any atom is 0.264 e. The Labute approximate surface area is 199 Å². The molecule has 0 saturated heterocycles. The summed E-state index contributed by atoms with van der Waals surface area (Å²) >= 11 is 0. The molecule has 34 heavy (non-hydrogen) atoms. The quantitative estimate of drug-likeness (QED) is 0.496. The van der Waals surface area contributed by atoms with Gasteiger partial charge in [-0.25, -0.2) is 8.42 Å². The van der Waals surface area contributed by atoms with Crippen molar-refractivity contribution < 1.29 is 27.4 Å². The van der Waals surface area contributed by atoms with Crippen molar-refractivity contribution in [2.45, 2.75) is 17.9 Å². The minimum Gasteiger partial charge on any atom is -0.497 e. The van der Waals surface area contributed by atoms with Crippen molar-refractivity contribution in [3.8, 4) is 17.2 Å². The highest BCUT2D eigenvalue weighted by molar-refractivity contribution is 7.92. The molecule has 0 aromatic heterocycles. The van der Waals surface area contributed by atoms with Crippen LogP contribution in [0.4, 0.5) is 5.69 Å². The number of benzene rings is 3. The smallest absolute Gasteiger partial charge is 0.264 e. The van der Waals surface area contributed by atoms with Crippen molar-refractivity contribution in [1.29, 1.82) is 0 Å². The second-order valence-corrected chi connectivity index (χ2v) is 9.60. The van der Waals surface area contributed by atoms with Crippen LogP contribution < -0.4 is 23.8 Å². The van der Waals surface area contributed by atoms with Gasteiger partial charge >= 0.3 is 0 Å². The molecule has 1 atom stereocenters. The molecule has 0 aliphatic carbocycles. The standard InChI is InChI=1S/C25H26N2O6S/c1-18-8-13-22-23(16-18)33-24(25(28)26-14-15-32-20-6-4-3-5-7-20)17-27(22)34(29,30)21-11-9-19(31-2)10-12-21/h3-13,16,24H,14-15,17H2,1-2H3,(H,26,28)/t24-/m0/s1. The van der Waals surface area contributed by atoms with Crippen LogP contribution in [0.5, 0.6) is 17.2 Å². The lowest BCUT2D eigenvalue weighted by Gasteiger charge is -2.35. The molecule has 0 bridgehead atoms. The molecule has 3 aromatic rings. The number of carbonyl (C=O) groups is 1. The van der Waals surface area contributed by atoms with Crippen molar-refractivity contribution >= 4 is 21.6 Å². The zero-order chi connectivity index (χ0) is 24.1. The molecule has 8 nitrogen and oxygen atoms in total. The number of para-hydroxylation sites is 1. The average Bonchev–Trinajstić information content (AvgIpc) is 2.86. The van der Waals surface area contributed by atoms with Gasteiger partial charge < -0.3 is 19.5 Å². The fourth-order valence-corrected chi connectivity index (χ4v) is 5.05. The van der Waals surface area contributed by atoms with Gasteiger partial charge in [0, 0.05) is 0 Å². The van der Waals surface area contributed by atoms with Crippen LogP contribution in [0.2, 0.25) is 0 Å². The molecule has 1 amide bonds. The number of ether oxygens (including phenoxy) is 3. The van der Waals surface area contributed by atoms with Crippen molar-refractivity contribution in [2.24, 2.45) is 0 Å². The van der Waals surface area contributed by atoms with E-state index in [0.29, 0.717) is 22.9 Å². The van der Waals surface area contributed by atoms with E-state index in [2.05, 4.69) is 5.32 Å².